The second-order valence-corrected chi connectivity index (χ2v) is 3.79. The van der Waals surface area contributed by atoms with Crippen LogP contribution in [-0.2, 0) is 0 Å². The largest absolute Gasteiger partial charge is 0.497 e. The summed E-state index contributed by atoms with van der Waals surface area (Å²) in [5, 5.41) is 9.34. The maximum atomic E-state index is 9.34. The molecule has 0 amide bonds. The molecule has 3 nitrogen and oxygen atoms in total. The first kappa shape index (κ1) is 12.0. The molecule has 0 aliphatic heterocycles. The molecule has 0 saturated carbocycles. The van der Waals surface area contributed by atoms with E-state index in [1.165, 1.54) is 0 Å². The van der Waals surface area contributed by atoms with Gasteiger partial charge < -0.3 is 15.6 Å². The van der Waals surface area contributed by atoms with Crippen molar-refractivity contribution in [1.29, 1.82) is 0 Å². The number of methoxy groups -OCH3 is 1. The Hall–Kier alpha value is -1.06. The lowest BCUT2D eigenvalue weighted by atomic mass is 9.93. The third kappa shape index (κ3) is 3.53. The van der Waals surface area contributed by atoms with Crippen LogP contribution in [0.1, 0.15) is 24.8 Å². The number of hydrogen-bond donors (Lipinski definition) is 2. The molecule has 3 N–H and O–H groups in total. The molecule has 0 aliphatic carbocycles. The van der Waals surface area contributed by atoms with Crippen molar-refractivity contribution in [3.05, 3.63) is 29.8 Å². The minimum atomic E-state index is -0.319. The van der Waals surface area contributed by atoms with Gasteiger partial charge in [-0.15, -0.1) is 0 Å². The molecule has 3 heteroatoms. The molecule has 84 valence electrons. The smallest absolute Gasteiger partial charge is 0.118 e. The van der Waals surface area contributed by atoms with Gasteiger partial charge in [0.1, 0.15) is 5.75 Å². The van der Waals surface area contributed by atoms with E-state index in [4.69, 9.17) is 10.5 Å². The molecular formula is C12H19NO2. The summed E-state index contributed by atoms with van der Waals surface area (Å²) in [6.45, 7) is 2.34. The first-order chi connectivity index (χ1) is 7.17. The Kier molecular flexibility index (Phi) is 4.59. The Balaban J connectivity index is 2.74. The fourth-order valence-corrected chi connectivity index (χ4v) is 1.66. The van der Waals surface area contributed by atoms with Crippen molar-refractivity contribution in [1.82, 2.24) is 0 Å². The van der Waals surface area contributed by atoms with Crippen LogP contribution in [0.3, 0.4) is 0 Å². The minimum absolute atomic E-state index is 0.218. The monoisotopic (exact) mass is 209 g/mol. The lowest BCUT2D eigenvalue weighted by Crippen LogP contribution is -2.17. The van der Waals surface area contributed by atoms with E-state index in [0.29, 0.717) is 13.0 Å². The molecule has 15 heavy (non-hydrogen) atoms. The summed E-state index contributed by atoms with van der Waals surface area (Å²) in [4.78, 5) is 0. The zero-order valence-corrected chi connectivity index (χ0v) is 9.31. The Labute approximate surface area is 90.9 Å². The number of aliphatic hydroxyl groups is 1. The summed E-state index contributed by atoms with van der Waals surface area (Å²) in [6, 6.07) is 7.83. The highest BCUT2D eigenvalue weighted by atomic mass is 16.5. The molecule has 0 spiro atoms. The van der Waals surface area contributed by atoms with Gasteiger partial charge >= 0.3 is 0 Å². The molecular weight excluding hydrogens is 190 g/mol. The highest BCUT2D eigenvalue weighted by molar-refractivity contribution is 5.29. The number of benzene rings is 1. The molecule has 0 fully saturated rings. The summed E-state index contributed by atoms with van der Waals surface area (Å²) in [6.07, 6.45) is 0.378. The van der Waals surface area contributed by atoms with Gasteiger partial charge in [-0.25, -0.2) is 0 Å². The van der Waals surface area contributed by atoms with E-state index < -0.39 is 0 Å². The van der Waals surface area contributed by atoms with Gasteiger partial charge in [0.25, 0.3) is 0 Å². The number of aliphatic hydroxyl groups excluding tert-OH is 1. The number of hydrogen-bond acceptors (Lipinski definition) is 3. The van der Waals surface area contributed by atoms with E-state index in [0.717, 1.165) is 11.3 Å². The maximum absolute atomic E-state index is 9.34. The molecule has 1 aromatic rings. The van der Waals surface area contributed by atoms with Crippen molar-refractivity contribution in [2.45, 2.75) is 25.4 Å². The second kappa shape index (κ2) is 5.73. The van der Waals surface area contributed by atoms with E-state index in [9.17, 15) is 5.11 Å². The van der Waals surface area contributed by atoms with Gasteiger partial charge in [0, 0.05) is 0 Å². The zero-order valence-electron chi connectivity index (χ0n) is 9.31. The van der Waals surface area contributed by atoms with Crippen LogP contribution in [0.5, 0.6) is 5.75 Å². The van der Waals surface area contributed by atoms with Crippen LogP contribution in [0.2, 0.25) is 0 Å². The molecule has 2 unspecified atom stereocenters. The van der Waals surface area contributed by atoms with Crippen molar-refractivity contribution in [2.24, 2.45) is 5.73 Å². The Morgan fingerprint density at radius 2 is 1.93 bits per heavy atom. The van der Waals surface area contributed by atoms with Crippen molar-refractivity contribution >= 4 is 0 Å². The lowest BCUT2D eigenvalue weighted by Gasteiger charge is -2.17. The molecule has 1 aromatic carbocycles. The van der Waals surface area contributed by atoms with Crippen LogP contribution < -0.4 is 10.5 Å². The van der Waals surface area contributed by atoms with Crippen LogP contribution in [0.15, 0.2) is 24.3 Å². The van der Waals surface area contributed by atoms with Crippen LogP contribution in [0.4, 0.5) is 0 Å². The lowest BCUT2D eigenvalue weighted by molar-refractivity contribution is 0.175. The maximum Gasteiger partial charge on any atom is 0.118 e. The topological polar surface area (TPSA) is 55.5 Å². The quantitative estimate of drug-likeness (QED) is 0.772. The molecule has 0 saturated heterocycles. The van der Waals surface area contributed by atoms with Crippen LogP contribution >= 0.6 is 0 Å². The van der Waals surface area contributed by atoms with E-state index in [1.54, 1.807) is 14.0 Å². The van der Waals surface area contributed by atoms with Crippen LogP contribution in [-0.4, -0.2) is 24.9 Å². The zero-order chi connectivity index (χ0) is 11.3. The molecule has 1 rings (SSSR count). The highest BCUT2D eigenvalue weighted by Crippen LogP contribution is 2.22. The molecule has 0 radical (unpaired) electrons. The summed E-state index contributed by atoms with van der Waals surface area (Å²) in [5.41, 5.74) is 6.83. The first-order valence-electron chi connectivity index (χ1n) is 5.19. The van der Waals surface area contributed by atoms with Crippen molar-refractivity contribution in [3.63, 3.8) is 0 Å². The molecule has 0 heterocycles. The van der Waals surface area contributed by atoms with Crippen molar-refractivity contribution in [3.8, 4) is 5.75 Å². The summed E-state index contributed by atoms with van der Waals surface area (Å²) < 4.78 is 5.08. The van der Waals surface area contributed by atoms with Crippen molar-refractivity contribution < 1.29 is 9.84 Å². The Morgan fingerprint density at radius 1 is 1.33 bits per heavy atom. The third-order valence-corrected chi connectivity index (χ3v) is 2.50. The Bertz CT molecular complexity index is 282. The fourth-order valence-electron chi connectivity index (χ4n) is 1.66. The molecule has 0 aliphatic rings. The molecule has 2 atom stereocenters. The first-order valence-corrected chi connectivity index (χ1v) is 5.19. The van der Waals surface area contributed by atoms with E-state index in [1.807, 2.05) is 24.3 Å². The number of nitrogens with two attached hydrogens (primary N) is 1. The summed E-state index contributed by atoms with van der Waals surface area (Å²) >= 11 is 0. The predicted molar refractivity (Wildman–Crippen MR) is 61.1 cm³/mol. The van der Waals surface area contributed by atoms with Gasteiger partial charge in [0.05, 0.1) is 13.2 Å². The summed E-state index contributed by atoms with van der Waals surface area (Å²) in [5.74, 6) is 1.06. The third-order valence-electron chi connectivity index (χ3n) is 2.50. The van der Waals surface area contributed by atoms with Gasteiger partial charge in [0.15, 0.2) is 0 Å². The average molecular weight is 209 g/mol. The van der Waals surface area contributed by atoms with Crippen LogP contribution in [0, 0.1) is 0 Å². The summed E-state index contributed by atoms with van der Waals surface area (Å²) in [7, 11) is 1.64. The molecule has 0 aromatic heterocycles. The Morgan fingerprint density at radius 3 is 2.33 bits per heavy atom. The highest BCUT2D eigenvalue weighted by Gasteiger charge is 2.12. The number of ether oxygens (including phenoxy) is 1. The number of rotatable bonds is 5. The van der Waals surface area contributed by atoms with E-state index >= 15 is 0 Å². The molecule has 0 bridgehead atoms. The van der Waals surface area contributed by atoms with Gasteiger partial charge in [-0.1, -0.05) is 12.1 Å². The standard InChI is InChI=1S/C12H19NO2/c1-9(14)7-11(8-13)10-3-5-12(15-2)6-4-10/h3-6,9,11,14H,7-8,13H2,1-2H3. The normalized spacial score (nSPS) is 14.7. The van der Waals surface area contributed by atoms with Gasteiger partial charge in [-0.3, -0.25) is 0 Å². The van der Waals surface area contributed by atoms with Gasteiger partial charge in [-0.05, 0) is 43.5 Å². The second-order valence-electron chi connectivity index (χ2n) is 3.79. The predicted octanol–water partition coefficient (Wildman–Crippen LogP) is 1.51. The average Bonchev–Trinajstić information content (AvgIpc) is 2.26. The van der Waals surface area contributed by atoms with Crippen LogP contribution in [0.25, 0.3) is 0 Å². The minimum Gasteiger partial charge on any atom is -0.497 e. The van der Waals surface area contributed by atoms with Gasteiger partial charge in [-0.2, -0.15) is 0 Å². The van der Waals surface area contributed by atoms with Gasteiger partial charge in [0.2, 0.25) is 0 Å². The van der Waals surface area contributed by atoms with Crippen molar-refractivity contribution in [2.75, 3.05) is 13.7 Å². The SMILES string of the molecule is COc1ccc(C(CN)CC(C)O)cc1. The van der Waals surface area contributed by atoms with E-state index in [-0.39, 0.29) is 12.0 Å². The fraction of sp³-hybridized carbons (Fsp3) is 0.500. The van der Waals surface area contributed by atoms with E-state index in [2.05, 4.69) is 0 Å².